The molecule has 1 N–H and O–H groups in total. The average molecular weight is 308 g/mol. The fourth-order valence-electron chi connectivity index (χ4n) is 2.87. The Morgan fingerprint density at radius 1 is 1.43 bits per heavy atom. The third kappa shape index (κ3) is 3.12. The molecule has 4 nitrogen and oxygen atoms in total. The lowest BCUT2D eigenvalue weighted by Gasteiger charge is -2.37. The predicted molar refractivity (Wildman–Crippen MR) is 85.1 cm³/mol. The Hall–Kier alpha value is -1.36. The van der Waals surface area contributed by atoms with Crippen LogP contribution in [-0.4, -0.2) is 28.8 Å². The first-order valence-corrected chi connectivity index (χ1v) is 8.42. The van der Waals surface area contributed by atoms with Crippen LogP contribution >= 0.6 is 11.3 Å². The van der Waals surface area contributed by atoms with Crippen molar-refractivity contribution in [3.05, 3.63) is 22.4 Å². The molecule has 0 aromatic carbocycles. The van der Waals surface area contributed by atoms with Gasteiger partial charge in [-0.2, -0.15) is 0 Å². The van der Waals surface area contributed by atoms with Crippen LogP contribution in [0.5, 0.6) is 0 Å². The van der Waals surface area contributed by atoms with E-state index in [1.807, 2.05) is 30.2 Å². The maximum Gasteiger partial charge on any atom is 0.248 e. The van der Waals surface area contributed by atoms with Gasteiger partial charge >= 0.3 is 0 Å². The van der Waals surface area contributed by atoms with E-state index < -0.39 is 5.54 Å². The van der Waals surface area contributed by atoms with Crippen molar-refractivity contribution in [3.63, 3.8) is 0 Å². The molecule has 2 rings (SSSR count). The number of nitrogens with one attached hydrogen (secondary N) is 1. The fourth-order valence-corrected chi connectivity index (χ4v) is 3.88. The number of carbonyl (C=O) groups is 2. The van der Waals surface area contributed by atoms with E-state index in [4.69, 9.17) is 0 Å². The molecule has 0 aliphatic carbocycles. The number of carbonyl (C=O) groups excluding carboxylic acids is 2. The standard InChI is InChI=1S/C16H24N2O2S/c1-5-16(4)15(20)18(9-8-13(19)17-16)14(11(2)3)12-7-6-10-21-12/h6-7,10-11,14H,5,8-9H2,1-4H3,(H,17,19). The van der Waals surface area contributed by atoms with Gasteiger partial charge in [0.2, 0.25) is 11.8 Å². The molecule has 1 aliphatic rings. The van der Waals surface area contributed by atoms with E-state index in [2.05, 4.69) is 25.2 Å². The summed E-state index contributed by atoms with van der Waals surface area (Å²) in [7, 11) is 0. The van der Waals surface area contributed by atoms with Crippen molar-refractivity contribution in [2.45, 2.75) is 52.1 Å². The minimum absolute atomic E-state index is 0.0305. The summed E-state index contributed by atoms with van der Waals surface area (Å²) in [6.45, 7) is 8.51. The highest BCUT2D eigenvalue weighted by atomic mass is 32.1. The number of rotatable bonds is 4. The quantitative estimate of drug-likeness (QED) is 0.929. The number of thiophene rings is 1. The third-order valence-corrected chi connectivity index (χ3v) is 5.18. The number of hydrogen-bond donors (Lipinski definition) is 1. The van der Waals surface area contributed by atoms with Crippen LogP contribution in [0, 0.1) is 5.92 Å². The van der Waals surface area contributed by atoms with Gasteiger partial charge in [-0.05, 0) is 30.7 Å². The van der Waals surface area contributed by atoms with Crippen molar-refractivity contribution < 1.29 is 9.59 Å². The van der Waals surface area contributed by atoms with Gasteiger partial charge in [-0.1, -0.05) is 26.8 Å². The van der Waals surface area contributed by atoms with Gasteiger partial charge in [-0.3, -0.25) is 9.59 Å². The van der Waals surface area contributed by atoms with E-state index in [1.54, 1.807) is 11.3 Å². The SMILES string of the molecule is CCC1(C)NC(=O)CCN(C(c2cccs2)C(C)C)C1=O. The maximum atomic E-state index is 13.0. The Balaban J connectivity index is 2.39. The Labute approximate surface area is 130 Å². The van der Waals surface area contributed by atoms with Gasteiger partial charge in [0, 0.05) is 17.8 Å². The Kier molecular flexibility index (Phi) is 4.71. The van der Waals surface area contributed by atoms with Crippen molar-refractivity contribution in [2.24, 2.45) is 5.92 Å². The molecule has 2 amide bonds. The van der Waals surface area contributed by atoms with E-state index in [9.17, 15) is 9.59 Å². The molecular weight excluding hydrogens is 284 g/mol. The molecule has 2 unspecified atom stereocenters. The zero-order valence-electron chi connectivity index (χ0n) is 13.2. The summed E-state index contributed by atoms with van der Waals surface area (Å²) in [4.78, 5) is 28.0. The molecule has 21 heavy (non-hydrogen) atoms. The van der Waals surface area contributed by atoms with Gasteiger partial charge in [0.05, 0.1) is 6.04 Å². The summed E-state index contributed by atoms with van der Waals surface area (Å²) >= 11 is 1.67. The number of hydrogen-bond acceptors (Lipinski definition) is 3. The summed E-state index contributed by atoms with van der Waals surface area (Å²) < 4.78 is 0. The minimum atomic E-state index is -0.794. The molecule has 116 valence electrons. The fraction of sp³-hybridized carbons (Fsp3) is 0.625. The first-order valence-electron chi connectivity index (χ1n) is 7.54. The molecule has 0 bridgehead atoms. The average Bonchev–Trinajstić information content (AvgIpc) is 2.91. The highest BCUT2D eigenvalue weighted by Crippen LogP contribution is 2.34. The van der Waals surface area contributed by atoms with Crippen molar-refractivity contribution >= 4 is 23.2 Å². The molecule has 0 spiro atoms. The lowest BCUT2D eigenvalue weighted by molar-refractivity contribution is -0.141. The van der Waals surface area contributed by atoms with Crippen molar-refractivity contribution in [1.29, 1.82) is 0 Å². The van der Waals surface area contributed by atoms with Crippen LogP contribution in [-0.2, 0) is 9.59 Å². The third-order valence-electron chi connectivity index (χ3n) is 4.24. The highest BCUT2D eigenvalue weighted by molar-refractivity contribution is 7.10. The molecular formula is C16H24N2O2S. The monoisotopic (exact) mass is 308 g/mol. The lowest BCUT2D eigenvalue weighted by Crippen LogP contribution is -2.55. The zero-order chi connectivity index (χ0) is 15.6. The summed E-state index contributed by atoms with van der Waals surface area (Å²) in [6.07, 6.45) is 0.971. The van der Waals surface area contributed by atoms with Gasteiger partial charge in [-0.15, -0.1) is 11.3 Å². The van der Waals surface area contributed by atoms with Crippen LogP contribution < -0.4 is 5.32 Å². The van der Waals surface area contributed by atoms with Crippen LogP contribution in [0.2, 0.25) is 0 Å². The van der Waals surface area contributed by atoms with Crippen molar-refractivity contribution in [2.75, 3.05) is 6.54 Å². The van der Waals surface area contributed by atoms with Crippen LogP contribution in [0.1, 0.15) is 51.5 Å². The summed E-state index contributed by atoms with van der Waals surface area (Å²) in [6, 6.07) is 4.13. The second kappa shape index (κ2) is 6.18. The van der Waals surface area contributed by atoms with E-state index in [-0.39, 0.29) is 17.9 Å². The second-order valence-electron chi connectivity index (χ2n) is 6.19. The van der Waals surface area contributed by atoms with Crippen LogP contribution in [0.4, 0.5) is 0 Å². The maximum absolute atomic E-state index is 13.0. The van der Waals surface area contributed by atoms with Crippen molar-refractivity contribution in [3.8, 4) is 0 Å². The summed E-state index contributed by atoms with van der Waals surface area (Å²) in [5, 5.41) is 4.93. The number of amides is 2. The molecule has 5 heteroatoms. The highest BCUT2D eigenvalue weighted by Gasteiger charge is 2.42. The van der Waals surface area contributed by atoms with Crippen molar-refractivity contribution in [1.82, 2.24) is 10.2 Å². The number of nitrogens with zero attached hydrogens (tertiary/aromatic N) is 1. The molecule has 1 aliphatic heterocycles. The van der Waals surface area contributed by atoms with Gasteiger partial charge in [0.25, 0.3) is 0 Å². The molecule has 1 fully saturated rings. The second-order valence-corrected chi connectivity index (χ2v) is 7.17. The normalized spacial score (nSPS) is 24.9. The molecule has 1 aromatic heterocycles. The smallest absolute Gasteiger partial charge is 0.248 e. The van der Waals surface area contributed by atoms with Gasteiger partial charge < -0.3 is 10.2 Å². The summed E-state index contributed by atoms with van der Waals surface area (Å²) in [5.74, 6) is 0.300. The first kappa shape index (κ1) is 16.0. The Bertz CT molecular complexity index is 512. The minimum Gasteiger partial charge on any atom is -0.342 e. The molecule has 0 saturated carbocycles. The first-order chi connectivity index (χ1) is 9.89. The van der Waals surface area contributed by atoms with E-state index in [1.165, 1.54) is 4.88 Å². The molecule has 1 saturated heterocycles. The summed E-state index contributed by atoms with van der Waals surface area (Å²) in [5.41, 5.74) is -0.794. The van der Waals surface area contributed by atoms with Gasteiger partial charge in [0.15, 0.2) is 0 Å². The lowest BCUT2D eigenvalue weighted by atomic mass is 9.94. The Morgan fingerprint density at radius 2 is 2.14 bits per heavy atom. The van der Waals surface area contributed by atoms with Gasteiger partial charge in [-0.25, -0.2) is 0 Å². The van der Waals surface area contributed by atoms with Crippen LogP contribution in [0.3, 0.4) is 0 Å². The largest absolute Gasteiger partial charge is 0.342 e. The predicted octanol–water partition coefficient (Wildman–Crippen LogP) is 2.96. The molecule has 0 radical (unpaired) electrons. The molecule has 2 atom stereocenters. The molecule has 1 aromatic rings. The molecule has 2 heterocycles. The van der Waals surface area contributed by atoms with Crippen LogP contribution in [0.25, 0.3) is 0 Å². The topological polar surface area (TPSA) is 49.4 Å². The van der Waals surface area contributed by atoms with Crippen LogP contribution in [0.15, 0.2) is 17.5 Å². The van der Waals surface area contributed by atoms with E-state index >= 15 is 0 Å². The van der Waals surface area contributed by atoms with E-state index in [0.717, 1.165) is 0 Å². The zero-order valence-corrected chi connectivity index (χ0v) is 14.0. The van der Waals surface area contributed by atoms with Gasteiger partial charge in [0.1, 0.15) is 5.54 Å². The Morgan fingerprint density at radius 3 is 2.67 bits per heavy atom. The van der Waals surface area contributed by atoms with E-state index in [0.29, 0.717) is 25.3 Å².